The first-order valence-corrected chi connectivity index (χ1v) is 6.83. The predicted molar refractivity (Wildman–Crippen MR) is 85.0 cm³/mol. The summed E-state index contributed by atoms with van der Waals surface area (Å²) < 4.78 is 5.33. The lowest BCUT2D eigenvalue weighted by atomic mass is 10.1. The van der Waals surface area contributed by atoms with Crippen molar-refractivity contribution in [3.63, 3.8) is 0 Å². The van der Waals surface area contributed by atoms with Crippen molar-refractivity contribution in [2.24, 2.45) is 10.8 Å². The number of pyridine rings is 1. The molecule has 0 spiro atoms. The predicted octanol–water partition coefficient (Wildman–Crippen LogP) is 1.10. The molecule has 0 radical (unpaired) electrons. The van der Waals surface area contributed by atoms with Crippen molar-refractivity contribution in [2.75, 3.05) is 6.61 Å². The largest absolute Gasteiger partial charge is 0.483 e. The molecule has 7 heteroatoms. The molecule has 0 bridgehead atoms. The van der Waals surface area contributed by atoms with E-state index in [0.717, 1.165) is 0 Å². The summed E-state index contributed by atoms with van der Waals surface area (Å²) in [5.74, 6) is -0.476. The van der Waals surface area contributed by atoms with Crippen LogP contribution >= 0.6 is 0 Å². The number of hydrogen-bond donors (Lipinski definition) is 2. The normalized spacial score (nSPS) is 10.9. The first-order chi connectivity index (χ1) is 11.1. The van der Waals surface area contributed by atoms with Crippen molar-refractivity contribution in [1.82, 2.24) is 10.4 Å². The molecule has 2 aromatic rings. The Labute approximate surface area is 133 Å². The first kappa shape index (κ1) is 16.2. The maximum atomic E-state index is 11.9. The lowest BCUT2D eigenvalue weighted by Gasteiger charge is -2.10. The Morgan fingerprint density at radius 1 is 1.26 bits per heavy atom. The van der Waals surface area contributed by atoms with Crippen LogP contribution in [0.25, 0.3) is 0 Å². The fourth-order valence-corrected chi connectivity index (χ4v) is 1.80. The summed E-state index contributed by atoms with van der Waals surface area (Å²) in [5, 5.41) is 4.05. The third-order valence-electron chi connectivity index (χ3n) is 2.90. The number of hydrogen-bond acceptors (Lipinski definition) is 5. The lowest BCUT2D eigenvalue weighted by Crippen LogP contribution is -2.21. The van der Waals surface area contributed by atoms with Crippen LogP contribution in [0.5, 0.6) is 5.75 Å². The average molecular weight is 312 g/mol. The highest BCUT2D eigenvalue weighted by atomic mass is 16.5. The van der Waals surface area contributed by atoms with E-state index < -0.39 is 5.91 Å². The van der Waals surface area contributed by atoms with Crippen molar-refractivity contribution >= 4 is 17.5 Å². The van der Waals surface area contributed by atoms with E-state index in [-0.39, 0.29) is 12.5 Å². The highest BCUT2D eigenvalue weighted by molar-refractivity contribution is 6.02. The van der Waals surface area contributed by atoms with Gasteiger partial charge in [0.2, 0.25) is 0 Å². The molecule has 0 atom stereocenters. The molecular weight excluding hydrogens is 296 g/mol. The highest BCUT2D eigenvalue weighted by Gasteiger charge is 2.09. The van der Waals surface area contributed by atoms with Crippen molar-refractivity contribution in [3.8, 4) is 5.75 Å². The maximum Gasteiger partial charge on any atom is 0.272 e. The summed E-state index contributed by atoms with van der Waals surface area (Å²) in [6, 6.07) is 10.3. The summed E-state index contributed by atoms with van der Waals surface area (Å²) >= 11 is 0. The van der Waals surface area contributed by atoms with Crippen LogP contribution in [0, 0.1) is 0 Å². The Kier molecular flexibility index (Phi) is 5.40. The van der Waals surface area contributed by atoms with Gasteiger partial charge in [-0.15, -0.1) is 0 Å². The highest BCUT2D eigenvalue weighted by Crippen LogP contribution is 2.18. The van der Waals surface area contributed by atoms with Crippen LogP contribution in [0.4, 0.5) is 0 Å². The Morgan fingerprint density at radius 3 is 2.74 bits per heavy atom. The Balaban J connectivity index is 2.12. The molecule has 7 nitrogen and oxygen atoms in total. The number of carbonyl (C=O) groups excluding carboxylic acids is 2. The summed E-state index contributed by atoms with van der Waals surface area (Å²) in [6.45, 7) is 1.49. The van der Waals surface area contributed by atoms with Crippen LogP contribution in [0.15, 0.2) is 53.9 Å². The number of nitrogens with two attached hydrogens (primary N) is 1. The molecule has 0 saturated heterocycles. The topological polar surface area (TPSA) is 107 Å². The average Bonchev–Trinajstić information content (AvgIpc) is 2.58. The van der Waals surface area contributed by atoms with Crippen LogP contribution in [0.2, 0.25) is 0 Å². The molecule has 3 N–H and O–H groups in total. The van der Waals surface area contributed by atoms with E-state index in [1.165, 1.54) is 6.20 Å². The van der Waals surface area contributed by atoms with E-state index in [4.69, 9.17) is 10.5 Å². The number of nitrogens with zero attached hydrogens (tertiary/aromatic N) is 2. The number of carbonyl (C=O) groups is 2. The van der Waals surface area contributed by atoms with Crippen molar-refractivity contribution < 1.29 is 14.3 Å². The van der Waals surface area contributed by atoms with E-state index in [1.54, 1.807) is 49.5 Å². The molecule has 118 valence electrons. The Bertz CT molecular complexity index is 729. The smallest absolute Gasteiger partial charge is 0.272 e. The molecule has 23 heavy (non-hydrogen) atoms. The number of aromatic nitrogens is 1. The molecule has 0 saturated carbocycles. The summed E-state index contributed by atoms with van der Waals surface area (Å²) in [5.41, 5.74) is 9.11. The molecule has 0 aliphatic rings. The zero-order valence-corrected chi connectivity index (χ0v) is 12.5. The number of hydrazone groups is 1. The molecular formula is C16H16N4O3. The number of nitrogens with one attached hydrogen (secondary N) is 1. The van der Waals surface area contributed by atoms with Crippen molar-refractivity contribution in [3.05, 3.63) is 59.9 Å². The zero-order chi connectivity index (χ0) is 16.7. The van der Waals surface area contributed by atoms with Gasteiger partial charge in [0, 0.05) is 18.0 Å². The Hall–Kier alpha value is -3.22. The van der Waals surface area contributed by atoms with Crippen LogP contribution < -0.4 is 15.9 Å². The van der Waals surface area contributed by atoms with Crippen LogP contribution in [0.3, 0.4) is 0 Å². The van der Waals surface area contributed by atoms with Gasteiger partial charge in [-0.3, -0.25) is 14.6 Å². The second-order valence-corrected chi connectivity index (χ2v) is 4.63. The molecule has 0 aliphatic heterocycles. The number of amides is 2. The van der Waals surface area contributed by atoms with Gasteiger partial charge in [-0.1, -0.05) is 12.1 Å². The number of ether oxygens (including phenoxy) is 1. The van der Waals surface area contributed by atoms with E-state index in [9.17, 15) is 9.59 Å². The fourth-order valence-electron chi connectivity index (χ4n) is 1.80. The monoisotopic (exact) mass is 312 g/mol. The second kappa shape index (κ2) is 7.69. The van der Waals surface area contributed by atoms with Gasteiger partial charge in [0.15, 0.2) is 6.61 Å². The Morgan fingerprint density at radius 2 is 2.04 bits per heavy atom. The molecule has 2 amide bonds. The van der Waals surface area contributed by atoms with Crippen LogP contribution in [-0.4, -0.2) is 29.1 Å². The van der Waals surface area contributed by atoms with Gasteiger partial charge >= 0.3 is 0 Å². The third-order valence-corrected chi connectivity index (χ3v) is 2.90. The molecule has 0 unspecified atom stereocenters. The zero-order valence-electron chi connectivity index (χ0n) is 12.5. The maximum absolute atomic E-state index is 11.9. The van der Waals surface area contributed by atoms with E-state index in [1.807, 2.05) is 0 Å². The van der Waals surface area contributed by atoms with Gasteiger partial charge < -0.3 is 10.5 Å². The number of benzene rings is 1. The van der Waals surface area contributed by atoms with Crippen molar-refractivity contribution in [1.29, 1.82) is 0 Å². The minimum absolute atomic E-state index is 0.230. The van der Waals surface area contributed by atoms with Crippen molar-refractivity contribution in [2.45, 2.75) is 6.92 Å². The molecule has 1 heterocycles. The second-order valence-electron chi connectivity index (χ2n) is 4.63. The van der Waals surface area contributed by atoms with E-state index in [0.29, 0.717) is 22.6 Å². The number of para-hydroxylation sites is 1. The van der Waals surface area contributed by atoms with E-state index >= 15 is 0 Å². The van der Waals surface area contributed by atoms with Gasteiger partial charge in [0.1, 0.15) is 5.75 Å². The standard InChI is InChI=1S/C16H16N4O3/c1-11(19-20-16(22)12-5-4-8-18-9-12)13-6-2-3-7-14(13)23-10-15(17)21/h2-9H,10H2,1H3,(H2,17,21)(H,20,22). The number of primary amides is 1. The minimum atomic E-state index is -0.570. The number of rotatable bonds is 6. The molecule has 1 aromatic carbocycles. The molecule has 0 fully saturated rings. The SMILES string of the molecule is CC(=NNC(=O)c1cccnc1)c1ccccc1OCC(N)=O. The molecule has 2 rings (SSSR count). The lowest BCUT2D eigenvalue weighted by molar-refractivity contribution is -0.119. The fraction of sp³-hybridized carbons (Fsp3) is 0.125. The van der Waals surface area contributed by atoms with Gasteiger partial charge in [-0.25, -0.2) is 5.43 Å². The molecule has 0 aliphatic carbocycles. The summed E-state index contributed by atoms with van der Waals surface area (Å²) in [6.07, 6.45) is 3.03. The minimum Gasteiger partial charge on any atom is -0.483 e. The summed E-state index contributed by atoms with van der Waals surface area (Å²) in [7, 11) is 0. The third kappa shape index (κ3) is 4.63. The van der Waals surface area contributed by atoms with Gasteiger partial charge in [0.25, 0.3) is 11.8 Å². The van der Waals surface area contributed by atoms with Crippen LogP contribution in [-0.2, 0) is 4.79 Å². The summed E-state index contributed by atoms with van der Waals surface area (Å²) in [4.78, 5) is 26.6. The van der Waals surface area contributed by atoms with Gasteiger partial charge in [-0.05, 0) is 31.2 Å². The van der Waals surface area contributed by atoms with Gasteiger partial charge in [-0.2, -0.15) is 5.10 Å². The molecule has 1 aromatic heterocycles. The van der Waals surface area contributed by atoms with Gasteiger partial charge in [0.05, 0.1) is 11.3 Å². The quantitative estimate of drug-likeness (QED) is 0.615. The van der Waals surface area contributed by atoms with E-state index in [2.05, 4.69) is 15.5 Å². The van der Waals surface area contributed by atoms with Crippen LogP contribution in [0.1, 0.15) is 22.8 Å². The first-order valence-electron chi connectivity index (χ1n) is 6.83.